The van der Waals surface area contributed by atoms with E-state index in [-0.39, 0.29) is 17.4 Å². The Kier molecular flexibility index (Phi) is 7.70. The number of ether oxygens (including phenoxy) is 3. The van der Waals surface area contributed by atoms with Gasteiger partial charge in [0.15, 0.2) is 11.5 Å². The molecule has 1 aliphatic rings. The number of hydrogen-bond acceptors (Lipinski definition) is 5. The Morgan fingerprint density at radius 2 is 1.81 bits per heavy atom. The highest BCUT2D eigenvalue weighted by atomic mass is 19.3. The van der Waals surface area contributed by atoms with Gasteiger partial charge in [-0.15, -0.1) is 0 Å². The average Bonchev–Trinajstić information content (AvgIpc) is 2.79. The number of methoxy groups -OCH3 is 1. The lowest BCUT2D eigenvalue weighted by molar-refractivity contribution is -0.126. The van der Waals surface area contributed by atoms with Crippen molar-refractivity contribution in [3.8, 4) is 17.2 Å². The Morgan fingerprint density at radius 1 is 1.06 bits per heavy atom. The Hall–Kier alpha value is -3.29. The van der Waals surface area contributed by atoms with Crippen LogP contribution < -0.4 is 19.1 Å². The largest absolute Gasteiger partial charge is 0.495 e. The van der Waals surface area contributed by atoms with Crippen LogP contribution in [0.3, 0.4) is 0 Å². The molecule has 8 heteroatoms. The van der Waals surface area contributed by atoms with Gasteiger partial charge in [-0.3, -0.25) is 4.79 Å². The predicted octanol–water partition coefficient (Wildman–Crippen LogP) is 4.06. The molecular weight excluding hydrogens is 406 g/mol. The molecule has 0 spiro atoms. The van der Waals surface area contributed by atoms with Crippen molar-refractivity contribution < 1.29 is 27.8 Å². The Labute approximate surface area is 180 Å². The lowest BCUT2D eigenvalue weighted by Crippen LogP contribution is -2.48. The topological polar surface area (TPSA) is 51.2 Å². The lowest BCUT2D eigenvalue weighted by atomic mass is 10.1. The zero-order valence-electron chi connectivity index (χ0n) is 17.6. The monoisotopic (exact) mass is 432 g/mol. The summed E-state index contributed by atoms with van der Waals surface area (Å²) in [6, 6.07) is 12.4. The molecule has 1 amide bonds. The van der Waals surface area contributed by atoms with E-state index in [9.17, 15) is 13.6 Å². The first-order chi connectivity index (χ1) is 15.0. The van der Waals surface area contributed by atoms with E-state index in [1.807, 2.05) is 24.3 Å². The summed E-state index contributed by atoms with van der Waals surface area (Å²) in [5, 5.41) is 0. The molecule has 1 aliphatic heterocycles. The summed E-state index contributed by atoms with van der Waals surface area (Å²) in [4.78, 5) is 16.6. The van der Waals surface area contributed by atoms with Crippen molar-refractivity contribution in [2.75, 3.05) is 44.8 Å². The molecule has 0 saturated carbocycles. The van der Waals surface area contributed by atoms with Gasteiger partial charge in [-0.1, -0.05) is 18.2 Å². The number of halogens is 2. The average molecular weight is 432 g/mol. The summed E-state index contributed by atoms with van der Waals surface area (Å²) >= 11 is 0. The number of anilines is 1. The van der Waals surface area contributed by atoms with Crippen LogP contribution in [0.4, 0.5) is 14.5 Å². The van der Waals surface area contributed by atoms with Crippen molar-refractivity contribution in [1.29, 1.82) is 0 Å². The summed E-state index contributed by atoms with van der Waals surface area (Å²) in [6.07, 6.45) is 3.13. The van der Waals surface area contributed by atoms with Crippen molar-refractivity contribution in [3.05, 3.63) is 54.1 Å². The van der Waals surface area contributed by atoms with Gasteiger partial charge < -0.3 is 24.0 Å². The molecule has 0 unspecified atom stereocenters. The van der Waals surface area contributed by atoms with Gasteiger partial charge in [0, 0.05) is 32.3 Å². The number of carbonyl (C=O) groups is 1. The highest BCUT2D eigenvalue weighted by molar-refractivity contribution is 5.92. The maximum atomic E-state index is 12.6. The highest BCUT2D eigenvalue weighted by Gasteiger charge is 2.21. The van der Waals surface area contributed by atoms with Gasteiger partial charge in [0.2, 0.25) is 5.91 Å². The second-order valence-electron chi connectivity index (χ2n) is 6.84. The molecule has 0 aliphatic carbocycles. The van der Waals surface area contributed by atoms with Crippen LogP contribution in [0.5, 0.6) is 17.2 Å². The minimum Gasteiger partial charge on any atom is -0.495 e. The van der Waals surface area contributed by atoms with E-state index in [1.165, 1.54) is 12.1 Å². The lowest BCUT2D eigenvalue weighted by Gasteiger charge is -2.36. The van der Waals surface area contributed by atoms with E-state index < -0.39 is 6.61 Å². The molecule has 1 saturated heterocycles. The number of carbonyl (C=O) groups excluding carboxylic acids is 1. The molecule has 166 valence electrons. The summed E-state index contributed by atoms with van der Waals surface area (Å²) in [5.74, 6) is 0.882. The molecular formula is C23H26F2N2O4. The third-order valence-electron chi connectivity index (χ3n) is 4.92. The molecule has 0 radical (unpaired) electrons. The first-order valence-corrected chi connectivity index (χ1v) is 10.1. The quantitative estimate of drug-likeness (QED) is 0.589. The first kappa shape index (κ1) is 22.4. The van der Waals surface area contributed by atoms with E-state index in [0.29, 0.717) is 38.3 Å². The van der Waals surface area contributed by atoms with Crippen molar-refractivity contribution in [2.24, 2.45) is 0 Å². The van der Waals surface area contributed by atoms with Crippen LogP contribution in [-0.4, -0.2) is 57.3 Å². The number of benzene rings is 2. The Bertz CT molecular complexity index is 912. The summed E-state index contributed by atoms with van der Waals surface area (Å²) in [7, 11) is 1.65. The van der Waals surface area contributed by atoms with Gasteiger partial charge >= 0.3 is 6.61 Å². The summed E-state index contributed by atoms with van der Waals surface area (Å²) in [6.45, 7) is 1.71. The SMILES string of the molecule is CCOc1cc(/C=C/C(=O)N2CCN(c3ccccc3OC)CC2)ccc1OC(F)F. The predicted molar refractivity (Wildman–Crippen MR) is 115 cm³/mol. The zero-order chi connectivity index (χ0) is 22.2. The molecule has 6 nitrogen and oxygen atoms in total. The van der Waals surface area contributed by atoms with E-state index >= 15 is 0 Å². The fourth-order valence-corrected chi connectivity index (χ4v) is 3.42. The highest BCUT2D eigenvalue weighted by Crippen LogP contribution is 2.31. The third kappa shape index (κ3) is 5.87. The second-order valence-corrected chi connectivity index (χ2v) is 6.84. The molecule has 0 bridgehead atoms. The van der Waals surface area contributed by atoms with Crippen LogP contribution in [0, 0.1) is 0 Å². The fourth-order valence-electron chi connectivity index (χ4n) is 3.42. The minimum absolute atomic E-state index is 0.0345. The van der Waals surface area contributed by atoms with Crippen LogP contribution in [0.15, 0.2) is 48.5 Å². The number of nitrogens with zero attached hydrogens (tertiary/aromatic N) is 2. The number of rotatable bonds is 8. The van der Waals surface area contributed by atoms with Gasteiger partial charge in [0.1, 0.15) is 5.75 Å². The van der Waals surface area contributed by atoms with Gasteiger partial charge in [-0.25, -0.2) is 0 Å². The van der Waals surface area contributed by atoms with Crippen molar-refractivity contribution >= 4 is 17.7 Å². The molecule has 0 N–H and O–H groups in total. The molecule has 31 heavy (non-hydrogen) atoms. The van der Waals surface area contributed by atoms with Crippen LogP contribution >= 0.6 is 0 Å². The molecule has 1 fully saturated rings. The normalized spacial score (nSPS) is 14.2. The number of piperazine rings is 1. The maximum absolute atomic E-state index is 12.6. The Morgan fingerprint density at radius 3 is 2.48 bits per heavy atom. The summed E-state index contributed by atoms with van der Waals surface area (Å²) < 4.78 is 40.3. The molecule has 2 aromatic rings. The van der Waals surface area contributed by atoms with E-state index in [0.717, 1.165) is 11.4 Å². The van der Waals surface area contributed by atoms with Crippen molar-refractivity contribution in [2.45, 2.75) is 13.5 Å². The van der Waals surface area contributed by atoms with Crippen molar-refractivity contribution in [3.63, 3.8) is 0 Å². The number of para-hydroxylation sites is 2. The minimum atomic E-state index is -2.93. The van der Waals surface area contributed by atoms with E-state index in [2.05, 4.69) is 9.64 Å². The third-order valence-corrected chi connectivity index (χ3v) is 4.92. The van der Waals surface area contributed by atoms with E-state index in [4.69, 9.17) is 9.47 Å². The molecule has 1 heterocycles. The van der Waals surface area contributed by atoms with Gasteiger partial charge in [-0.05, 0) is 42.8 Å². The first-order valence-electron chi connectivity index (χ1n) is 10.1. The van der Waals surface area contributed by atoms with Gasteiger partial charge in [0.25, 0.3) is 0 Å². The van der Waals surface area contributed by atoms with Crippen molar-refractivity contribution in [1.82, 2.24) is 4.90 Å². The van der Waals surface area contributed by atoms with Gasteiger partial charge in [-0.2, -0.15) is 8.78 Å². The van der Waals surface area contributed by atoms with Crippen LogP contribution in [0.25, 0.3) is 6.08 Å². The standard InChI is InChI=1S/C23H26F2N2O4/c1-3-30-21-16-17(8-10-20(21)31-23(24)25)9-11-22(28)27-14-12-26(13-15-27)18-6-4-5-7-19(18)29-2/h4-11,16,23H,3,12-15H2,1-2H3/b11-9+. The van der Waals surface area contributed by atoms with Crippen LogP contribution in [0.1, 0.15) is 12.5 Å². The van der Waals surface area contributed by atoms with Gasteiger partial charge in [0.05, 0.1) is 19.4 Å². The maximum Gasteiger partial charge on any atom is 0.387 e. The number of hydrogen-bond donors (Lipinski definition) is 0. The molecule has 3 rings (SSSR count). The smallest absolute Gasteiger partial charge is 0.387 e. The number of alkyl halides is 2. The van der Waals surface area contributed by atoms with Crippen LogP contribution in [-0.2, 0) is 4.79 Å². The fraction of sp³-hybridized carbons (Fsp3) is 0.348. The summed E-state index contributed by atoms with van der Waals surface area (Å²) in [5.41, 5.74) is 1.67. The number of amides is 1. The zero-order valence-corrected chi connectivity index (χ0v) is 17.6. The Balaban J connectivity index is 1.61. The van der Waals surface area contributed by atoms with Crippen LogP contribution in [0.2, 0.25) is 0 Å². The van der Waals surface area contributed by atoms with E-state index in [1.54, 1.807) is 37.1 Å². The molecule has 2 aromatic carbocycles. The second kappa shape index (κ2) is 10.7. The molecule has 0 atom stereocenters. The molecule has 0 aromatic heterocycles.